The second-order valence-electron chi connectivity index (χ2n) is 5.05. The van der Waals surface area contributed by atoms with E-state index in [1.54, 1.807) is 10.9 Å². The number of hydrogen-bond donors (Lipinski definition) is 1. The lowest BCUT2D eigenvalue weighted by Crippen LogP contribution is -2.25. The lowest BCUT2D eigenvalue weighted by atomic mass is 9.80. The zero-order valence-electron chi connectivity index (χ0n) is 10.3. The predicted molar refractivity (Wildman–Crippen MR) is 64.0 cm³/mol. The van der Waals surface area contributed by atoms with Gasteiger partial charge in [0.05, 0.1) is 11.9 Å². The smallest absolute Gasteiger partial charge is 0.157 e. The number of carbonyl (C=O) groups is 1. The summed E-state index contributed by atoms with van der Waals surface area (Å²) in [6, 6.07) is 0. The average Bonchev–Trinajstić information content (AvgIpc) is 2.77. The predicted octanol–water partition coefficient (Wildman–Crippen LogP) is 1.13. The van der Waals surface area contributed by atoms with Gasteiger partial charge in [-0.15, -0.1) is 5.10 Å². The van der Waals surface area contributed by atoms with Crippen LogP contribution in [0.5, 0.6) is 0 Å². The molecule has 0 amide bonds. The van der Waals surface area contributed by atoms with Gasteiger partial charge in [-0.1, -0.05) is 25.0 Å². The summed E-state index contributed by atoms with van der Waals surface area (Å²) in [5.74, 6) is 1.17. The van der Waals surface area contributed by atoms with Gasteiger partial charge in [-0.05, 0) is 18.8 Å². The van der Waals surface area contributed by atoms with E-state index in [9.17, 15) is 4.79 Å². The second-order valence-corrected chi connectivity index (χ2v) is 5.05. The molecular formula is C12H20N4O. The zero-order valence-corrected chi connectivity index (χ0v) is 10.3. The van der Waals surface area contributed by atoms with Crippen LogP contribution in [0.2, 0.25) is 0 Å². The van der Waals surface area contributed by atoms with Gasteiger partial charge in [0.1, 0.15) is 6.54 Å². The second kappa shape index (κ2) is 5.40. The Bertz CT molecular complexity index is 388. The molecule has 0 spiro atoms. The molecule has 1 fully saturated rings. The number of Topliss-reactive ketones (excluding diaryl/α,β-unsaturated/α-hetero) is 1. The topological polar surface area (TPSA) is 73.8 Å². The maximum atomic E-state index is 12.1. The van der Waals surface area contributed by atoms with E-state index in [1.807, 2.05) is 0 Å². The molecule has 1 aromatic rings. The Labute approximate surface area is 101 Å². The summed E-state index contributed by atoms with van der Waals surface area (Å²) < 4.78 is 1.60. The highest BCUT2D eigenvalue weighted by Crippen LogP contribution is 2.29. The van der Waals surface area contributed by atoms with E-state index in [0.29, 0.717) is 19.0 Å². The maximum absolute atomic E-state index is 12.1. The van der Waals surface area contributed by atoms with E-state index < -0.39 is 0 Å². The van der Waals surface area contributed by atoms with Crippen LogP contribution in [0.1, 0.15) is 38.3 Å². The molecule has 5 nitrogen and oxygen atoms in total. The first-order chi connectivity index (χ1) is 8.19. The van der Waals surface area contributed by atoms with E-state index in [1.165, 1.54) is 12.8 Å². The van der Waals surface area contributed by atoms with Crippen LogP contribution in [0.25, 0.3) is 0 Å². The van der Waals surface area contributed by atoms with Gasteiger partial charge in [-0.2, -0.15) is 0 Å². The van der Waals surface area contributed by atoms with Gasteiger partial charge in [0.2, 0.25) is 0 Å². The summed E-state index contributed by atoms with van der Waals surface area (Å²) in [5, 5.41) is 7.79. The highest BCUT2D eigenvalue weighted by Gasteiger charge is 2.25. The Morgan fingerprint density at radius 2 is 2.41 bits per heavy atom. The van der Waals surface area contributed by atoms with Crippen molar-refractivity contribution in [1.29, 1.82) is 0 Å². The summed E-state index contributed by atoms with van der Waals surface area (Å²) in [4.78, 5) is 12.1. The van der Waals surface area contributed by atoms with Gasteiger partial charge >= 0.3 is 0 Å². The van der Waals surface area contributed by atoms with Crippen molar-refractivity contribution in [2.24, 2.45) is 17.6 Å². The Balaban J connectivity index is 1.91. The summed E-state index contributed by atoms with van der Waals surface area (Å²) in [5.41, 5.74) is 6.19. The fourth-order valence-electron chi connectivity index (χ4n) is 2.52. The van der Waals surface area contributed by atoms with Gasteiger partial charge < -0.3 is 5.73 Å². The average molecular weight is 236 g/mol. The molecule has 0 aromatic carbocycles. The number of hydrogen-bond acceptors (Lipinski definition) is 4. The molecule has 1 aliphatic carbocycles. The number of nitrogens with zero attached hydrogens (tertiary/aromatic N) is 3. The highest BCUT2D eigenvalue weighted by atomic mass is 16.1. The molecule has 1 aromatic heterocycles. The highest BCUT2D eigenvalue weighted by molar-refractivity contribution is 5.80. The summed E-state index contributed by atoms with van der Waals surface area (Å²) in [6.45, 7) is 2.93. The Morgan fingerprint density at radius 1 is 1.59 bits per heavy atom. The van der Waals surface area contributed by atoms with Crippen LogP contribution in [0.4, 0.5) is 0 Å². The van der Waals surface area contributed by atoms with E-state index in [2.05, 4.69) is 17.2 Å². The summed E-state index contributed by atoms with van der Waals surface area (Å²) in [7, 11) is 0. The van der Waals surface area contributed by atoms with Crippen LogP contribution in [-0.2, 0) is 17.9 Å². The van der Waals surface area contributed by atoms with Gasteiger partial charge in [0, 0.05) is 12.5 Å². The van der Waals surface area contributed by atoms with Crippen LogP contribution in [0, 0.1) is 11.8 Å². The van der Waals surface area contributed by atoms with E-state index in [0.717, 1.165) is 18.5 Å². The summed E-state index contributed by atoms with van der Waals surface area (Å²) in [6.07, 6.45) is 6.23. The summed E-state index contributed by atoms with van der Waals surface area (Å²) >= 11 is 0. The molecule has 2 atom stereocenters. The first-order valence-corrected chi connectivity index (χ1v) is 6.31. The van der Waals surface area contributed by atoms with Crippen molar-refractivity contribution < 1.29 is 4.79 Å². The Morgan fingerprint density at radius 3 is 3.06 bits per heavy atom. The van der Waals surface area contributed by atoms with E-state index in [-0.39, 0.29) is 11.7 Å². The van der Waals surface area contributed by atoms with Gasteiger partial charge in [-0.25, -0.2) is 4.68 Å². The largest absolute Gasteiger partial charge is 0.325 e. The molecule has 0 radical (unpaired) electrons. The SMILES string of the molecule is CC1CCCC(C(=O)Cn2cc(CN)nn2)C1. The Kier molecular flexibility index (Phi) is 3.89. The van der Waals surface area contributed by atoms with Crippen molar-refractivity contribution in [2.45, 2.75) is 45.7 Å². The first kappa shape index (κ1) is 12.2. The third-order valence-electron chi connectivity index (χ3n) is 3.50. The number of rotatable bonds is 4. The van der Waals surface area contributed by atoms with E-state index in [4.69, 9.17) is 5.73 Å². The molecular weight excluding hydrogens is 216 g/mol. The zero-order chi connectivity index (χ0) is 12.3. The third kappa shape index (κ3) is 3.12. The van der Waals surface area contributed by atoms with Crippen LogP contribution < -0.4 is 5.73 Å². The van der Waals surface area contributed by atoms with Crippen LogP contribution in [-0.4, -0.2) is 20.8 Å². The van der Waals surface area contributed by atoms with Crippen molar-refractivity contribution in [3.05, 3.63) is 11.9 Å². The molecule has 0 bridgehead atoms. The van der Waals surface area contributed by atoms with E-state index >= 15 is 0 Å². The number of aromatic nitrogens is 3. The van der Waals surface area contributed by atoms with Crippen molar-refractivity contribution in [3.8, 4) is 0 Å². The van der Waals surface area contributed by atoms with Crippen LogP contribution in [0.3, 0.4) is 0 Å². The number of nitrogens with two attached hydrogens (primary N) is 1. The lowest BCUT2D eigenvalue weighted by molar-refractivity contribution is -0.125. The maximum Gasteiger partial charge on any atom is 0.157 e. The standard InChI is InChI=1S/C12H20N4O/c1-9-3-2-4-10(5-9)12(17)8-16-7-11(6-13)14-15-16/h7,9-10H,2-6,8,13H2,1H3. The van der Waals surface area contributed by atoms with Crippen LogP contribution in [0.15, 0.2) is 6.20 Å². The van der Waals surface area contributed by atoms with Crippen molar-refractivity contribution in [2.75, 3.05) is 0 Å². The molecule has 0 aliphatic heterocycles. The van der Waals surface area contributed by atoms with Crippen molar-refractivity contribution in [3.63, 3.8) is 0 Å². The normalized spacial score (nSPS) is 24.8. The molecule has 1 heterocycles. The quantitative estimate of drug-likeness (QED) is 0.850. The molecule has 17 heavy (non-hydrogen) atoms. The number of ketones is 1. The van der Waals surface area contributed by atoms with Crippen molar-refractivity contribution in [1.82, 2.24) is 15.0 Å². The minimum atomic E-state index is 0.212. The Hall–Kier alpha value is -1.23. The fraction of sp³-hybridized carbons (Fsp3) is 0.750. The molecule has 0 saturated heterocycles. The third-order valence-corrected chi connectivity index (χ3v) is 3.50. The molecule has 2 unspecified atom stereocenters. The minimum Gasteiger partial charge on any atom is -0.325 e. The first-order valence-electron chi connectivity index (χ1n) is 6.31. The molecule has 2 N–H and O–H groups in total. The molecule has 1 saturated carbocycles. The molecule has 5 heteroatoms. The minimum absolute atomic E-state index is 0.212. The molecule has 2 rings (SSSR count). The lowest BCUT2D eigenvalue weighted by Gasteiger charge is -2.25. The van der Waals surface area contributed by atoms with Gasteiger partial charge in [-0.3, -0.25) is 4.79 Å². The van der Waals surface area contributed by atoms with Crippen LogP contribution >= 0.6 is 0 Å². The van der Waals surface area contributed by atoms with Crippen molar-refractivity contribution >= 4 is 5.78 Å². The van der Waals surface area contributed by atoms with Gasteiger partial charge in [0.25, 0.3) is 0 Å². The number of carbonyl (C=O) groups excluding carboxylic acids is 1. The fourth-order valence-corrected chi connectivity index (χ4v) is 2.52. The van der Waals surface area contributed by atoms with Gasteiger partial charge in [0.15, 0.2) is 5.78 Å². The monoisotopic (exact) mass is 236 g/mol. The molecule has 94 valence electrons. The molecule has 1 aliphatic rings.